The molecule has 3 N–H and O–H groups in total. The van der Waals surface area contributed by atoms with Crippen LogP contribution in [-0.4, -0.2) is 27.2 Å². The number of carbonyl (C=O) groups excluding carboxylic acids is 1. The molecule has 2 aromatic carbocycles. The summed E-state index contributed by atoms with van der Waals surface area (Å²) in [5.74, 6) is -2.07. The fourth-order valence-corrected chi connectivity index (χ4v) is 1.97. The number of nitrogens with zero attached hydrogens (tertiary/aromatic N) is 1. The SMILES string of the molecule is O=C(N/C(=C/c1ccc([N+](=O)[O-])c(O)c1)C(=O)O)OCc1ccccc1. The van der Waals surface area contributed by atoms with E-state index in [2.05, 4.69) is 5.32 Å². The highest BCUT2D eigenvalue weighted by Gasteiger charge is 2.16. The molecule has 2 rings (SSSR count). The van der Waals surface area contributed by atoms with E-state index in [4.69, 9.17) is 4.74 Å². The van der Waals surface area contributed by atoms with Gasteiger partial charge in [0.2, 0.25) is 0 Å². The third-order valence-electron chi connectivity index (χ3n) is 3.19. The van der Waals surface area contributed by atoms with Gasteiger partial charge in [0.05, 0.1) is 4.92 Å². The molecular weight excluding hydrogens is 344 g/mol. The molecule has 0 aliphatic rings. The minimum Gasteiger partial charge on any atom is -0.502 e. The molecule has 26 heavy (non-hydrogen) atoms. The van der Waals surface area contributed by atoms with Crippen LogP contribution in [0.1, 0.15) is 11.1 Å². The van der Waals surface area contributed by atoms with Crippen LogP contribution in [0.25, 0.3) is 6.08 Å². The summed E-state index contributed by atoms with van der Waals surface area (Å²) in [5, 5.41) is 31.5. The summed E-state index contributed by atoms with van der Waals surface area (Å²) in [5.41, 5.74) is -0.164. The number of nitrogens with one attached hydrogen (secondary N) is 1. The van der Waals surface area contributed by atoms with E-state index >= 15 is 0 Å². The maximum Gasteiger partial charge on any atom is 0.412 e. The molecule has 0 atom stereocenters. The molecule has 0 heterocycles. The zero-order valence-corrected chi connectivity index (χ0v) is 13.3. The molecule has 0 saturated carbocycles. The molecule has 0 fully saturated rings. The Morgan fingerprint density at radius 2 is 1.88 bits per heavy atom. The molecule has 0 unspecified atom stereocenters. The lowest BCUT2D eigenvalue weighted by molar-refractivity contribution is -0.385. The van der Waals surface area contributed by atoms with Crippen molar-refractivity contribution in [2.24, 2.45) is 0 Å². The number of nitro groups is 1. The number of hydrogen-bond acceptors (Lipinski definition) is 6. The highest BCUT2D eigenvalue weighted by Crippen LogP contribution is 2.27. The number of ether oxygens (including phenoxy) is 1. The Morgan fingerprint density at radius 3 is 2.46 bits per heavy atom. The monoisotopic (exact) mass is 358 g/mol. The molecule has 0 radical (unpaired) electrons. The van der Waals surface area contributed by atoms with Crippen molar-refractivity contribution in [2.75, 3.05) is 0 Å². The Bertz CT molecular complexity index is 863. The molecular formula is C17H14N2O7. The predicted molar refractivity (Wildman–Crippen MR) is 90.1 cm³/mol. The van der Waals surface area contributed by atoms with Gasteiger partial charge in [-0.2, -0.15) is 0 Å². The average molecular weight is 358 g/mol. The number of alkyl carbamates (subject to hydrolysis) is 1. The number of aliphatic carboxylic acids is 1. The number of phenolic OH excluding ortho intramolecular Hbond substituents is 1. The first kappa shape index (κ1) is 18.5. The summed E-state index contributed by atoms with van der Waals surface area (Å²) in [6.07, 6.45) is 0.0591. The van der Waals surface area contributed by atoms with Gasteiger partial charge in [0, 0.05) is 6.07 Å². The number of carboxylic acid groups (broad SMARTS) is 1. The molecule has 0 aromatic heterocycles. The summed E-state index contributed by atoms with van der Waals surface area (Å²) in [6.45, 7) is -0.0438. The molecule has 9 nitrogen and oxygen atoms in total. The minimum atomic E-state index is -1.44. The second-order valence-electron chi connectivity index (χ2n) is 5.06. The Balaban J connectivity index is 2.09. The van der Waals surface area contributed by atoms with Crippen LogP contribution in [-0.2, 0) is 16.1 Å². The van der Waals surface area contributed by atoms with E-state index in [1.807, 2.05) is 0 Å². The fourth-order valence-electron chi connectivity index (χ4n) is 1.97. The summed E-state index contributed by atoms with van der Waals surface area (Å²) in [4.78, 5) is 32.9. The zero-order valence-electron chi connectivity index (χ0n) is 13.3. The molecule has 2 aromatic rings. The van der Waals surface area contributed by atoms with Gasteiger partial charge in [-0.05, 0) is 29.3 Å². The van der Waals surface area contributed by atoms with E-state index in [1.165, 1.54) is 6.07 Å². The van der Waals surface area contributed by atoms with Crippen LogP contribution in [0.2, 0.25) is 0 Å². The van der Waals surface area contributed by atoms with Gasteiger partial charge in [0.15, 0.2) is 5.75 Å². The van der Waals surface area contributed by atoms with Gasteiger partial charge in [-0.1, -0.05) is 30.3 Å². The molecule has 0 aliphatic carbocycles. The molecule has 0 spiro atoms. The number of aromatic hydroxyl groups is 1. The molecule has 1 amide bonds. The Morgan fingerprint density at radius 1 is 1.19 bits per heavy atom. The summed E-state index contributed by atoms with van der Waals surface area (Å²) in [6, 6.07) is 12.1. The lowest BCUT2D eigenvalue weighted by Gasteiger charge is -2.08. The van der Waals surface area contributed by atoms with Gasteiger partial charge in [-0.3, -0.25) is 15.4 Å². The number of amides is 1. The number of rotatable bonds is 6. The normalized spacial score (nSPS) is 10.8. The second-order valence-corrected chi connectivity index (χ2v) is 5.06. The molecule has 0 saturated heterocycles. The van der Waals surface area contributed by atoms with Gasteiger partial charge in [0.25, 0.3) is 0 Å². The zero-order chi connectivity index (χ0) is 19.1. The largest absolute Gasteiger partial charge is 0.502 e. The summed E-state index contributed by atoms with van der Waals surface area (Å²) >= 11 is 0. The quantitative estimate of drug-likeness (QED) is 0.410. The number of carboxylic acids is 1. The third kappa shape index (κ3) is 5.06. The lowest BCUT2D eigenvalue weighted by atomic mass is 10.1. The molecule has 0 bridgehead atoms. The van der Waals surface area contributed by atoms with E-state index in [0.29, 0.717) is 0 Å². The number of hydrogen-bond donors (Lipinski definition) is 3. The smallest absolute Gasteiger partial charge is 0.412 e. The van der Waals surface area contributed by atoms with Crippen LogP contribution in [0.15, 0.2) is 54.2 Å². The Hall–Kier alpha value is -3.88. The first-order chi connectivity index (χ1) is 12.4. The van der Waals surface area contributed by atoms with Gasteiger partial charge in [-0.25, -0.2) is 9.59 Å². The van der Waals surface area contributed by atoms with Crippen LogP contribution < -0.4 is 5.32 Å². The second kappa shape index (κ2) is 8.29. The highest BCUT2D eigenvalue weighted by atomic mass is 16.6. The number of carbonyl (C=O) groups is 2. The summed E-state index contributed by atoms with van der Waals surface area (Å²) < 4.78 is 4.93. The van der Waals surface area contributed by atoms with E-state index in [0.717, 1.165) is 23.8 Å². The maximum atomic E-state index is 11.8. The van der Waals surface area contributed by atoms with Crippen molar-refractivity contribution in [1.29, 1.82) is 0 Å². The van der Waals surface area contributed by atoms with Crippen molar-refractivity contribution >= 4 is 23.8 Å². The minimum absolute atomic E-state index is 0.0438. The molecule has 0 aliphatic heterocycles. The van der Waals surface area contributed by atoms with Crippen LogP contribution in [0.4, 0.5) is 10.5 Å². The van der Waals surface area contributed by atoms with Crippen LogP contribution in [0, 0.1) is 10.1 Å². The van der Waals surface area contributed by atoms with Crippen LogP contribution in [0.5, 0.6) is 5.75 Å². The molecule has 134 valence electrons. The first-order valence-electron chi connectivity index (χ1n) is 7.27. The van der Waals surface area contributed by atoms with Crippen molar-refractivity contribution in [1.82, 2.24) is 5.32 Å². The maximum absolute atomic E-state index is 11.8. The lowest BCUT2D eigenvalue weighted by Crippen LogP contribution is -2.27. The van der Waals surface area contributed by atoms with E-state index in [-0.39, 0.29) is 12.2 Å². The van der Waals surface area contributed by atoms with Crippen LogP contribution >= 0.6 is 0 Å². The average Bonchev–Trinajstić information content (AvgIpc) is 2.60. The van der Waals surface area contributed by atoms with E-state index in [1.54, 1.807) is 30.3 Å². The van der Waals surface area contributed by atoms with Crippen molar-refractivity contribution in [3.8, 4) is 5.75 Å². The van der Waals surface area contributed by atoms with E-state index < -0.39 is 34.1 Å². The highest BCUT2D eigenvalue weighted by molar-refractivity contribution is 5.95. The first-order valence-corrected chi connectivity index (χ1v) is 7.27. The Kier molecular flexibility index (Phi) is 5.88. The van der Waals surface area contributed by atoms with E-state index in [9.17, 15) is 29.9 Å². The van der Waals surface area contributed by atoms with Gasteiger partial charge in [0.1, 0.15) is 12.3 Å². The number of phenols is 1. The number of benzene rings is 2. The predicted octanol–water partition coefficient (Wildman–Crippen LogP) is 2.65. The summed E-state index contributed by atoms with van der Waals surface area (Å²) in [7, 11) is 0. The van der Waals surface area contributed by atoms with Crippen molar-refractivity contribution in [2.45, 2.75) is 6.61 Å². The standard InChI is InChI=1S/C17H14N2O7/c20-15-9-12(6-7-14(15)19(24)25)8-13(16(21)22)18-17(23)26-10-11-4-2-1-3-5-11/h1-9,20H,10H2,(H,18,23)(H,21,22)/b13-8+. The Labute approximate surface area is 147 Å². The third-order valence-corrected chi connectivity index (χ3v) is 3.19. The van der Waals surface area contributed by atoms with Gasteiger partial charge >= 0.3 is 17.7 Å². The molecule has 9 heteroatoms. The fraction of sp³-hybridized carbons (Fsp3) is 0.0588. The van der Waals surface area contributed by atoms with Crippen molar-refractivity contribution in [3.05, 3.63) is 75.5 Å². The van der Waals surface area contributed by atoms with Gasteiger partial charge in [-0.15, -0.1) is 0 Å². The van der Waals surface area contributed by atoms with Crippen molar-refractivity contribution in [3.63, 3.8) is 0 Å². The number of nitro benzene ring substituents is 1. The van der Waals surface area contributed by atoms with Crippen LogP contribution in [0.3, 0.4) is 0 Å². The van der Waals surface area contributed by atoms with Crippen molar-refractivity contribution < 1.29 is 29.5 Å². The van der Waals surface area contributed by atoms with Gasteiger partial charge < -0.3 is 14.9 Å². The topological polar surface area (TPSA) is 139 Å².